The molecule has 10 heteroatoms. The smallest absolute Gasteiger partial charge is 0.338 e. The van der Waals surface area contributed by atoms with E-state index in [2.05, 4.69) is 4.98 Å². The lowest BCUT2D eigenvalue weighted by Crippen LogP contribution is -2.40. The maximum Gasteiger partial charge on any atom is 0.338 e. The molecule has 2 heterocycles. The van der Waals surface area contributed by atoms with Crippen molar-refractivity contribution in [1.82, 2.24) is 9.29 Å². The lowest BCUT2D eigenvalue weighted by molar-refractivity contribution is 0.0466. The number of rotatable bonds is 7. The van der Waals surface area contributed by atoms with Crippen molar-refractivity contribution in [3.8, 4) is 17.2 Å². The zero-order valence-electron chi connectivity index (χ0n) is 18.3. The van der Waals surface area contributed by atoms with Gasteiger partial charge in [-0.25, -0.2) is 18.2 Å². The number of carbonyl (C=O) groups is 1. The second kappa shape index (κ2) is 9.74. The summed E-state index contributed by atoms with van der Waals surface area (Å²) >= 11 is 0. The molecule has 0 atom stereocenters. The number of methoxy groups -OCH3 is 1. The molecule has 1 aromatic heterocycles. The van der Waals surface area contributed by atoms with Gasteiger partial charge in [-0.1, -0.05) is 18.2 Å². The fraction of sp³-hybridized carbons (Fsp3) is 0.304. The molecule has 0 spiro atoms. The summed E-state index contributed by atoms with van der Waals surface area (Å²) in [6, 6.07) is 13.6. The van der Waals surface area contributed by atoms with Gasteiger partial charge in [0.25, 0.3) is 0 Å². The van der Waals surface area contributed by atoms with E-state index in [-0.39, 0.29) is 35.9 Å². The van der Waals surface area contributed by atoms with Crippen molar-refractivity contribution in [1.29, 1.82) is 0 Å². The predicted octanol–water partition coefficient (Wildman–Crippen LogP) is 3.04. The molecule has 1 aliphatic heterocycles. The molecular formula is C23H24N2O7S. The predicted molar refractivity (Wildman–Crippen MR) is 118 cm³/mol. The Morgan fingerprint density at radius 2 is 1.85 bits per heavy atom. The van der Waals surface area contributed by atoms with Gasteiger partial charge in [0.2, 0.25) is 15.9 Å². The Hall–Kier alpha value is -3.21. The highest BCUT2D eigenvalue weighted by Crippen LogP contribution is 2.29. The van der Waals surface area contributed by atoms with Crippen LogP contribution < -0.4 is 4.74 Å². The van der Waals surface area contributed by atoms with Gasteiger partial charge in [0.15, 0.2) is 0 Å². The first-order valence-electron chi connectivity index (χ1n) is 10.3. The lowest BCUT2D eigenvalue weighted by atomic mass is 10.2. The number of hydrogen-bond donors (Lipinski definition) is 0. The number of carbonyl (C=O) groups excluding carboxylic acids is 1. The summed E-state index contributed by atoms with van der Waals surface area (Å²) in [5, 5.41) is 0. The second-order valence-electron chi connectivity index (χ2n) is 7.35. The van der Waals surface area contributed by atoms with E-state index in [4.69, 9.17) is 18.6 Å². The molecule has 0 unspecified atom stereocenters. The van der Waals surface area contributed by atoms with Gasteiger partial charge in [0.1, 0.15) is 28.7 Å². The second-order valence-corrected chi connectivity index (χ2v) is 9.25. The van der Waals surface area contributed by atoms with Crippen molar-refractivity contribution in [2.24, 2.45) is 0 Å². The molecule has 1 saturated heterocycles. The van der Waals surface area contributed by atoms with Crippen LogP contribution >= 0.6 is 0 Å². The van der Waals surface area contributed by atoms with Gasteiger partial charge in [-0.05, 0) is 37.3 Å². The fourth-order valence-corrected chi connectivity index (χ4v) is 5.00. The Balaban J connectivity index is 1.52. The van der Waals surface area contributed by atoms with Crippen molar-refractivity contribution >= 4 is 16.0 Å². The summed E-state index contributed by atoms with van der Waals surface area (Å²) in [5.74, 6) is 0.437. The highest BCUT2D eigenvalue weighted by Gasteiger charge is 2.30. The minimum absolute atomic E-state index is 0.0899. The third-order valence-corrected chi connectivity index (χ3v) is 7.16. The Morgan fingerprint density at radius 3 is 2.55 bits per heavy atom. The number of nitrogens with zero attached hydrogens (tertiary/aromatic N) is 2. The number of benzene rings is 2. The average molecular weight is 473 g/mol. The van der Waals surface area contributed by atoms with Crippen molar-refractivity contribution in [3.05, 3.63) is 65.5 Å². The molecular weight excluding hydrogens is 448 g/mol. The molecule has 0 aliphatic carbocycles. The summed E-state index contributed by atoms with van der Waals surface area (Å²) in [7, 11) is -2.49. The van der Waals surface area contributed by atoms with E-state index in [1.807, 2.05) is 30.3 Å². The molecule has 1 aliphatic rings. The third-order valence-electron chi connectivity index (χ3n) is 5.24. The summed E-state index contributed by atoms with van der Waals surface area (Å²) in [5.41, 5.74) is 1.38. The van der Waals surface area contributed by atoms with Crippen molar-refractivity contribution in [2.75, 3.05) is 33.4 Å². The van der Waals surface area contributed by atoms with Gasteiger partial charge >= 0.3 is 5.97 Å². The highest BCUT2D eigenvalue weighted by atomic mass is 32.2. The maximum atomic E-state index is 13.1. The molecule has 0 saturated carbocycles. The molecule has 174 valence electrons. The summed E-state index contributed by atoms with van der Waals surface area (Å²) in [6.45, 7) is 2.71. The van der Waals surface area contributed by atoms with Crippen molar-refractivity contribution in [3.63, 3.8) is 0 Å². The number of oxazole rings is 1. The van der Waals surface area contributed by atoms with Crippen LogP contribution in [0.15, 0.2) is 57.8 Å². The minimum atomic E-state index is -3.87. The van der Waals surface area contributed by atoms with Crippen LogP contribution in [-0.4, -0.2) is 57.1 Å². The topological polar surface area (TPSA) is 108 Å². The fourth-order valence-electron chi connectivity index (χ4n) is 3.41. The van der Waals surface area contributed by atoms with Gasteiger partial charge in [0.05, 0.1) is 25.9 Å². The monoisotopic (exact) mass is 472 g/mol. The van der Waals surface area contributed by atoms with Gasteiger partial charge in [-0.15, -0.1) is 0 Å². The van der Waals surface area contributed by atoms with Crippen LogP contribution in [-0.2, 0) is 26.1 Å². The maximum absolute atomic E-state index is 13.1. The molecule has 0 bridgehead atoms. The molecule has 33 heavy (non-hydrogen) atoms. The SMILES string of the molecule is COc1ccc(C(=O)OCc2nc(-c3ccccc3)oc2C)cc1S(=O)(=O)N1CCOCC1. The first-order valence-corrected chi connectivity index (χ1v) is 11.8. The van der Waals surface area contributed by atoms with Crippen LogP contribution in [0.2, 0.25) is 0 Å². The Labute approximate surface area is 191 Å². The first kappa shape index (κ1) is 23.0. The van der Waals surface area contributed by atoms with Crippen LogP contribution in [0, 0.1) is 6.92 Å². The van der Waals surface area contributed by atoms with E-state index in [0.717, 1.165) is 5.56 Å². The molecule has 1 fully saturated rings. The van der Waals surface area contributed by atoms with Gasteiger partial charge in [-0.2, -0.15) is 4.31 Å². The summed E-state index contributed by atoms with van der Waals surface area (Å²) in [4.78, 5) is 17.0. The quantitative estimate of drug-likeness (QED) is 0.483. The number of aryl methyl sites for hydroxylation is 1. The first-order chi connectivity index (χ1) is 15.9. The van der Waals surface area contributed by atoms with E-state index >= 15 is 0 Å². The summed E-state index contributed by atoms with van der Waals surface area (Å²) < 4.78 is 49.1. The van der Waals surface area contributed by atoms with E-state index in [1.54, 1.807) is 6.92 Å². The Kier molecular flexibility index (Phi) is 6.77. The highest BCUT2D eigenvalue weighted by molar-refractivity contribution is 7.89. The van der Waals surface area contributed by atoms with Gasteiger partial charge in [0, 0.05) is 18.7 Å². The van der Waals surface area contributed by atoms with Crippen LogP contribution in [0.5, 0.6) is 5.75 Å². The van der Waals surface area contributed by atoms with Gasteiger partial charge in [-0.3, -0.25) is 0 Å². The minimum Gasteiger partial charge on any atom is -0.495 e. The number of esters is 1. The summed E-state index contributed by atoms with van der Waals surface area (Å²) in [6.07, 6.45) is 0. The van der Waals surface area contributed by atoms with E-state index in [9.17, 15) is 13.2 Å². The normalized spacial score (nSPS) is 14.7. The zero-order valence-corrected chi connectivity index (χ0v) is 19.1. The number of aromatic nitrogens is 1. The Morgan fingerprint density at radius 1 is 1.12 bits per heavy atom. The molecule has 2 aromatic carbocycles. The van der Waals surface area contributed by atoms with Crippen LogP contribution in [0.3, 0.4) is 0 Å². The van der Waals surface area contributed by atoms with Crippen LogP contribution in [0.1, 0.15) is 21.8 Å². The third kappa shape index (κ3) is 4.92. The number of hydrogen-bond acceptors (Lipinski definition) is 8. The number of sulfonamides is 1. The van der Waals surface area contributed by atoms with Crippen molar-refractivity contribution < 1.29 is 31.8 Å². The van der Waals surface area contributed by atoms with Crippen LogP contribution in [0.25, 0.3) is 11.5 Å². The molecule has 3 aromatic rings. The van der Waals surface area contributed by atoms with E-state index in [1.165, 1.54) is 29.6 Å². The molecule has 0 amide bonds. The number of ether oxygens (including phenoxy) is 3. The van der Waals surface area contributed by atoms with Crippen molar-refractivity contribution in [2.45, 2.75) is 18.4 Å². The molecule has 0 N–H and O–H groups in total. The van der Waals surface area contributed by atoms with E-state index in [0.29, 0.717) is 30.6 Å². The molecule has 0 radical (unpaired) electrons. The largest absolute Gasteiger partial charge is 0.495 e. The van der Waals surface area contributed by atoms with Gasteiger partial charge < -0.3 is 18.6 Å². The molecule has 4 rings (SSSR count). The number of morpholine rings is 1. The standard InChI is InChI=1S/C23H24N2O7S/c1-16-19(24-22(32-16)17-6-4-3-5-7-17)15-31-23(26)18-8-9-20(29-2)21(14-18)33(27,28)25-10-12-30-13-11-25/h3-9,14H,10-13,15H2,1-2H3. The Bertz CT molecular complexity index is 1230. The zero-order chi connectivity index (χ0) is 23.4. The lowest BCUT2D eigenvalue weighted by Gasteiger charge is -2.26. The van der Waals surface area contributed by atoms with E-state index < -0.39 is 16.0 Å². The molecule has 9 nitrogen and oxygen atoms in total. The average Bonchev–Trinajstić information content (AvgIpc) is 3.23. The van der Waals surface area contributed by atoms with Crippen LogP contribution in [0.4, 0.5) is 0 Å².